The van der Waals surface area contributed by atoms with Crippen molar-refractivity contribution in [3.8, 4) is 0 Å². The summed E-state index contributed by atoms with van der Waals surface area (Å²) in [4.78, 5) is 36.4. The van der Waals surface area contributed by atoms with Crippen LogP contribution in [0, 0.1) is 12.8 Å². The van der Waals surface area contributed by atoms with E-state index in [1.165, 1.54) is 14.0 Å². The fraction of sp³-hybridized carbons (Fsp3) is 0.550. The van der Waals surface area contributed by atoms with Crippen LogP contribution in [0.25, 0.3) is 0 Å². The zero-order valence-corrected chi connectivity index (χ0v) is 17.1. The van der Waals surface area contributed by atoms with Crippen molar-refractivity contribution in [3.63, 3.8) is 0 Å². The Morgan fingerprint density at radius 2 is 1.64 bits per heavy atom. The first-order valence-electron chi connectivity index (χ1n) is 9.25. The molecule has 1 aromatic carbocycles. The van der Waals surface area contributed by atoms with Gasteiger partial charge in [-0.1, -0.05) is 43.7 Å². The van der Waals surface area contributed by atoms with Crippen LogP contribution in [-0.4, -0.2) is 48.2 Å². The lowest BCUT2D eigenvalue weighted by molar-refractivity contribution is -0.145. The van der Waals surface area contributed by atoms with Gasteiger partial charge in [-0.15, -0.1) is 0 Å². The second kappa shape index (κ2) is 10.8. The Labute approximate surface area is 165 Å². The van der Waals surface area contributed by atoms with Crippen LogP contribution in [0.4, 0.5) is 0 Å². The molecule has 0 aliphatic carbocycles. The zero-order chi connectivity index (χ0) is 21.4. The molecule has 4 atom stereocenters. The van der Waals surface area contributed by atoms with E-state index in [2.05, 4.69) is 10.6 Å². The van der Waals surface area contributed by atoms with Gasteiger partial charge in [-0.05, 0) is 31.7 Å². The molecule has 0 unspecified atom stereocenters. The van der Waals surface area contributed by atoms with Crippen LogP contribution >= 0.6 is 0 Å². The molecule has 0 heterocycles. The summed E-state index contributed by atoms with van der Waals surface area (Å²) in [5, 5.41) is 15.2. The van der Waals surface area contributed by atoms with E-state index in [1.807, 2.05) is 32.9 Å². The van der Waals surface area contributed by atoms with Crippen molar-refractivity contribution in [1.82, 2.24) is 10.6 Å². The van der Waals surface area contributed by atoms with Gasteiger partial charge >= 0.3 is 5.97 Å². The van der Waals surface area contributed by atoms with Gasteiger partial charge < -0.3 is 26.2 Å². The summed E-state index contributed by atoms with van der Waals surface area (Å²) in [5.41, 5.74) is 7.60. The van der Waals surface area contributed by atoms with Crippen molar-refractivity contribution >= 4 is 17.8 Å². The van der Waals surface area contributed by atoms with Crippen LogP contribution in [0.2, 0.25) is 0 Å². The second-order valence-corrected chi connectivity index (χ2v) is 7.33. The average Bonchev–Trinajstić information content (AvgIpc) is 2.65. The van der Waals surface area contributed by atoms with Crippen LogP contribution in [0.3, 0.4) is 0 Å². The summed E-state index contributed by atoms with van der Waals surface area (Å²) in [6, 6.07) is 4.43. The lowest BCUT2D eigenvalue weighted by Gasteiger charge is -2.23. The zero-order valence-electron chi connectivity index (χ0n) is 17.1. The summed E-state index contributed by atoms with van der Waals surface area (Å²) in [7, 11) is 1.25. The number of carbonyl (C=O) groups excluding carboxylic acids is 3. The van der Waals surface area contributed by atoms with Gasteiger partial charge in [-0.3, -0.25) is 9.59 Å². The van der Waals surface area contributed by atoms with Gasteiger partial charge in [0, 0.05) is 0 Å². The monoisotopic (exact) mass is 393 g/mol. The molecular weight excluding hydrogens is 362 g/mol. The number of aliphatic hydroxyl groups excluding tert-OH is 1. The van der Waals surface area contributed by atoms with E-state index < -0.39 is 42.0 Å². The maximum atomic E-state index is 12.3. The Bertz CT molecular complexity index is 675. The van der Waals surface area contributed by atoms with Gasteiger partial charge in [0.2, 0.25) is 5.91 Å². The van der Waals surface area contributed by atoms with Crippen LogP contribution in [0.1, 0.15) is 44.4 Å². The minimum absolute atomic E-state index is 0.156. The lowest BCUT2D eigenvalue weighted by atomic mass is 10.0. The highest BCUT2D eigenvalue weighted by Crippen LogP contribution is 2.15. The van der Waals surface area contributed by atoms with E-state index in [9.17, 15) is 19.5 Å². The predicted octanol–water partition coefficient (Wildman–Crippen LogP) is 0.564. The Morgan fingerprint density at radius 3 is 2.14 bits per heavy atom. The molecule has 0 bridgehead atoms. The topological polar surface area (TPSA) is 131 Å². The molecule has 1 aromatic rings. The highest BCUT2D eigenvalue weighted by atomic mass is 16.5. The SMILES string of the molecule is COC(=O)[C@@H](CC(C)C)NC(=O)[C@H](C)NC(=O)[C@@H](O)[C@H](N)c1ccc(C)cc1. The number of esters is 1. The molecule has 2 amide bonds. The molecule has 5 N–H and O–H groups in total. The molecule has 0 fully saturated rings. The largest absolute Gasteiger partial charge is 0.467 e. The van der Waals surface area contributed by atoms with Gasteiger partial charge in [0.1, 0.15) is 12.1 Å². The van der Waals surface area contributed by atoms with Crippen molar-refractivity contribution in [1.29, 1.82) is 0 Å². The maximum Gasteiger partial charge on any atom is 0.328 e. The highest BCUT2D eigenvalue weighted by Gasteiger charge is 2.29. The first kappa shape index (κ1) is 23.6. The van der Waals surface area contributed by atoms with Crippen molar-refractivity contribution in [2.24, 2.45) is 11.7 Å². The van der Waals surface area contributed by atoms with Crippen LogP contribution in [0.15, 0.2) is 24.3 Å². The molecule has 0 saturated carbocycles. The minimum Gasteiger partial charge on any atom is -0.467 e. The molecule has 0 radical (unpaired) electrons. The van der Waals surface area contributed by atoms with Gasteiger partial charge in [0.15, 0.2) is 6.10 Å². The van der Waals surface area contributed by atoms with Crippen LogP contribution in [-0.2, 0) is 19.1 Å². The number of hydrogen-bond acceptors (Lipinski definition) is 6. The smallest absolute Gasteiger partial charge is 0.328 e. The molecule has 0 aliphatic heterocycles. The number of nitrogens with one attached hydrogen (secondary N) is 2. The predicted molar refractivity (Wildman–Crippen MR) is 105 cm³/mol. The van der Waals surface area contributed by atoms with E-state index in [0.29, 0.717) is 12.0 Å². The Morgan fingerprint density at radius 1 is 1.07 bits per heavy atom. The summed E-state index contributed by atoms with van der Waals surface area (Å²) >= 11 is 0. The number of rotatable bonds is 9. The van der Waals surface area contributed by atoms with E-state index in [0.717, 1.165) is 5.56 Å². The third-order valence-corrected chi connectivity index (χ3v) is 4.33. The van der Waals surface area contributed by atoms with Crippen LogP contribution < -0.4 is 16.4 Å². The summed E-state index contributed by atoms with van der Waals surface area (Å²) in [5.74, 6) is -1.72. The number of nitrogens with two attached hydrogens (primary N) is 1. The van der Waals surface area contributed by atoms with Gasteiger partial charge in [-0.2, -0.15) is 0 Å². The fourth-order valence-electron chi connectivity index (χ4n) is 2.62. The number of amides is 2. The number of ether oxygens (including phenoxy) is 1. The van der Waals surface area contributed by atoms with Gasteiger partial charge in [0.25, 0.3) is 5.91 Å². The van der Waals surface area contributed by atoms with Crippen molar-refractivity contribution < 1.29 is 24.2 Å². The molecular formula is C20H31N3O5. The maximum absolute atomic E-state index is 12.3. The molecule has 8 heteroatoms. The fourth-order valence-corrected chi connectivity index (χ4v) is 2.62. The summed E-state index contributed by atoms with van der Waals surface area (Å²) in [6.07, 6.45) is -1.12. The summed E-state index contributed by atoms with van der Waals surface area (Å²) < 4.78 is 4.70. The molecule has 156 valence electrons. The molecule has 1 rings (SSSR count). The molecule has 28 heavy (non-hydrogen) atoms. The van der Waals surface area contributed by atoms with Gasteiger partial charge in [-0.25, -0.2) is 4.79 Å². The average molecular weight is 393 g/mol. The lowest BCUT2D eigenvalue weighted by Crippen LogP contribution is -2.53. The first-order chi connectivity index (χ1) is 13.1. The molecule has 8 nitrogen and oxygen atoms in total. The highest BCUT2D eigenvalue weighted by molar-refractivity contribution is 5.91. The van der Waals surface area contributed by atoms with Crippen LogP contribution in [0.5, 0.6) is 0 Å². The molecule has 0 spiro atoms. The normalized spacial score (nSPS) is 15.3. The second-order valence-electron chi connectivity index (χ2n) is 7.33. The first-order valence-corrected chi connectivity index (χ1v) is 9.25. The van der Waals surface area contributed by atoms with E-state index in [-0.39, 0.29) is 5.92 Å². The van der Waals surface area contributed by atoms with E-state index >= 15 is 0 Å². The number of aliphatic hydroxyl groups is 1. The minimum atomic E-state index is -1.52. The number of benzene rings is 1. The molecule has 0 aliphatic rings. The third-order valence-electron chi connectivity index (χ3n) is 4.33. The van der Waals surface area contributed by atoms with Gasteiger partial charge in [0.05, 0.1) is 13.2 Å². The third kappa shape index (κ3) is 6.94. The van der Waals surface area contributed by atoms with E-state index in [4.69, 9.17) is 10.5 Å². The quantitative estimate of drug-likeness (QED) is 0.454. The van der Waals surface area contributed by atoms with Crippen molar-refractivity contribution in [2.45, 2.75) is 58.3 Å². The van der Waals surface area contributed by atoms with Crippen molar-refractivity contribution in [2.75, 3.05) is 7.11 Å². The summed E-state index contributed by atoms with van der Waals surface area (Å²) in [6.45, 7) is 7.20. The van der Waals surface area contributed by atoms with Crippen molar-refractivity contribution in [3.05, 3.63) is 35.4 Å². The Hall–Kier alpha value is -2.45. The number of aryl methyl sites for hydroxylation is 1. The Balaban J connectivity index is 2.69. The molecule has 0 aromatic heterocycles. The molecule has 0 saturated heterocycles. The Kier molecular flexibility index (Phi) is 9.08. The van der Waals surface area contributed by atoms with E-state index in [1.54, 1.807) is 12.1 Å². The number of hydrogen-bond donors (Lipinski definition) is 4. The number of methoxy groups -OCH3 is 1. The number of carbonyl (C=O) groups is 3. The standard InChI is InChI=1S/C20H31N3O5/c1-11(2)10-15(20(27)28-5)23-18(25)13(4)22-19(26)17(24)16(21)14-8-6-12(3)7-9-14/h6-9,11,13,15-17,24H,10,21H2,1-5H3,(H,22,26)(H,23,25)/t13-,15+,16+,17-/m0/s1.